The Balaban J connectivity index is 2.54. The van der Waals surface area contributed by atoms with E-state index in [1.165, 1.54) is 0 Å². The first kappa shape index (κ1) is 16.9. The standard InChI is InChI=1S/C12H6Cl2F3NO3S/c1-22(19,20)12-6(15)4-7(10(16)11(12)17)21-5-2-8(13)18-9(14)3-5/h2-4H,1H3. The van der Waals surface area contributed by atoms with Crippen LogP contribution >= 0.6 is 23.2 Å². The summed E-state index contributed by atoms with van der Waals surface area (Å²) >= 11 is 11.2. The molecule has 0 N–H and O–H groups in total. The van der Waals surface area contributed by atoms with Gasteiger partial charge in [-0.3, -0.25) is 0 Å². The Kier molecular flexibility index (Phi) is 4.55. The van der Waals surface area contributed by atoms with E-state index in [-0.39, 0.29) is 16.1 Å². The van der Waals surface area contributed by atoms with E-state index in [9.17, 15) is 21.6 Å². The van der Waals surface area contributed by atoms with Gasteiger partial charge in [-0.05, 0) is 0 Å². The molecule has 0 saturated carbocycles. The summed E-state index contributed by atoms with van der Waals surface area (Å²) in [6.07, 6.45) is 0.552. The average molecular weight is 372 g/mol. The van der Waals surface area contributed by atoms with Gasteiger partial charge in [-0.25, -0.2) is 22.2 Å². The molecule has 0 spiro atoms. The quantitative estimate of drug-likeness (QED) is 0.604. The summed E-state index contributed by atoms with van der Waals surface area (Å²) < 4.78 is 68.8. The molecule has 0 saturated heterocycles. The minimum Gasteiger partial charge on any atom is -0.454 e. The van der Waals surface area contributed by atoms with Crippen molar-refractivity contribution in [3.05, 3.63) is 46.0 Å². The van der Waals surface area contributed by atoms with Gasteiger partial charge in [0.05, 0.1) is 0 Å². The Morgan fingerprint density at radius 3 is 2.09 bits per heavy atom. The van der Waals surface area contributed by atoms with Crippen LogP contribution in [0.1, 0.15) is 0 Å². The fourth-order valence-corrected chi connectivity index (χ4v) is 2.87. The van der Waals surface area contributed by atoms with Gasteiger partial charge in [-0.15, -0.1) is 0 Å². The van der Waals surface area contributed by atoms with Crippen LogP contribution in [0.3, 0.4) is 0 Å². The molecule has 0 aliphatic carbocycles. The number of hydrogen-bond donors (Lipinski definition) is 0. The highest BCUT2D eigenvalue weighted by Gasteiger charge is 2.26. The molecule has 0 unspecified atom stereocenters. The number of rotatable bonds is 3. The first-order chi connectivity index (χ1) is 10.1. The first-order valence-electron chi connectivity index (χ1n) is 5.48. The lowest BCUT2D eigenvalue weighted by molar-refractivity contribution is 0.394. The zero-order valence-electron chi connectivity index (χ0n) is 10.7. The number of hydrogen-bond acceptors (Lipinski definition) is 4. The lowest BCUT2D eigenvalue weighted by Gasteiger charge is -2.10. The van der Waals surface area contributed by atoms with Crippen LogP contribution in [0.2, 0.25) is 10.3 Å². The summed E-state index contributed by atoms with van der Waals surface area (Å²) in [5.41, 5.74) is 0. The van der Waals surface area contributed by atoms with Crippen molar-refractivity contribution < 1.29 is 26.3 Å². The third kappa shape index (κ3) is 3.45. The number of ether oxygens (including phenoxy) is 1. The van der Waals surface area contributed by atoms with Crippen molar-refractivity contribution >= 4 is 33.0 Å². The van der Waals surface area contributed by atoms with Crippen LogP contribution in [0.5, 0.6) is 11.5 Å². The van der Waals surface area contributed by atoms with Crippen LogP contribution in [0.25, 0.3) is 0 Å². The summed E-state index contributed by atoms with van der Waals surface area (Å²) in [6.45, 7) is 0. The Morgan fingerprint density at radius 2 is 1.59 bits per heavy atom. The zero-order chi connectivity index (χ0) is 16.7. The van der Waals surface area contributed by atoms with E-state index in [4.69, 9.17) is 27.9 Å². The molecular weight excluding hydrogens is 366 g/mol. The van der Waals surface area contributed by atoms with Gasteiger partial charge >= 0.3 is 0 Å². The number of pyridine rings is 1. The fourth-order valence-electron chi connectivity index (χ4n) is 1.60. The van der Waals surface area contributed by atoms with Gasteiger partial charge < -0.3 is 4.74 Å². The maximum absolute atomic E-state index is 13.8. The molecule has 0 bridgehead atoms. The summed E-state index contributed by atoms with van der Waals surface area (Å²) in [7, 11) is -4.29. The zero-order valence-corrected chi connectivity index (χ0v) is 13.0. The molecule has 0 radical (unpaired) electrons. The van der Waals surface area contributed by atoms with Crippen molar-refractivity contribution in [1.82, 2.24) is 4.98 Å². The molecule has 0 fully saturated rings. The number of aromatic nitrogens is 1. The predicted molar refractivity (Wildman–Crippen MR) is 73.8 cm³/mol. The highest BCUT2D eigenvalue weighted by molar-refractivity contribution is 7.90. The van der Waals surface area contributed by atoms with E-state index in [0.29, 0.717) is 12.3 Å². The molecule has 118 valence electrons. The van der Waals surface area contributed by atoms with E-state index < -0.39 is 37.9 Å². The SMILES string of the molecule is CS(=O)(=O)c1c(F)cc(Oc2cc(Cl)nc(Cl)c2)c(F)c1F. The molecule has 10 heteroatoms. The third-order valence-electron chi connectivity index (χ3n) is 2.42. The van der Waals surface area contributed by atoms with Crippen molar-refractivity contribution in [1.29, 1.82) is 0 Å². The van der Waals surface area contributed by atoms with Gasteiger partial charge in [0.25, 0.3) is 0 Å². The van der Waals surface area contributed by atoms with E-state index in [1.807, 2.05) is 0 Å². The van der Waals surface area contributed by atoms with Crippen LogP contribution < -0.4 is 4.74 Å². The smallest absolute Gasteiger partial charge is 0.202 e. The van der Waals surface area contributed by atoms with Gasteiger partial charge in [0, 0.05) is 24.5 Å². The molecule has 2 aromatic rings. The molecular formula is C12H6Cl2F3NO3S. The van der Waals surface area contributed by atoms with Crippen LogP contribution in [-0.4, -0.2) is 19.7 Å². The minimum atomic E-state index is -4.29. The Hall–Kier alpha value is -1.51. The first-order valence-corrected chi connectivity index (χ1v) is 8.13. The number of halogens is 5. The van der Waals surface area contributed by atoms with E-state index in [2.05, 4.69) is 4.98 Å². The minimum absolute atomic E-state index is 0.0865. The second-order valence-corrected chi connectivity index (χ2v) is 6.86. The van der Waals surface area contributed by atoms with Crippen LogP contribution in [0, 0.1) is 17.5 Å². The van der Waals surface area contributed by atoms with Gasteiger partial charge in [-0.2, -0.15) is 4.39 Å². The molecule has 0 amide bonds. The molecule has 4 nitrogen and oxygen atoms in total. The van der Waals surface area contributed by atoms with E-state index in [1.54, 1.807) is 0 Å². The number of nitrogens with zero attached hydrogens (tertiary/aromatic N) is 1. The van der Waals surface area contributed by atoms with E-state index in [0.717, 1.165) is 12.1 Å². The molecule has 1 aromatic heterocycles. The predicted octanol–water partition coefficient (Wildman–Crippen LogP) is 4.00. The van der Waals surface area contributed by atoms with Crippen LogP contribution in [-0.2, 0) is 9.84 Å². The van der Waals surface area contributed by atoms with Crippen LogP contribution in [0.4, 0.5) is 13.2 Å². The molecule has 0 aliphatic heterocycles. The van der Waals surface area contributed by atoms with Gasteiger partial charge in [0.2, 0.25) is 5.82 Å². The molecule has 22 heavy (non-hydrogen) atoms. The second-order valence-electron chi connectivity index (χ2n) is 4.14. The summed E-state index contributed by atoms with van der Waals surface area (Å²) in [5.74, 6) is -6.01. The normalized spacial score (nSPS) is 11.5. The summed E-state index contributed by atoms with van der Waals surface area (Å²) in [5, 5.41) is -0.173. The van der Waals surface area contributed by atoms with Gasteiger partial charge in [0.1, 0.15) is 26.8 Å². The number of sulfone groups is 1. The molecule has 1 aromatic carbocycles. The van der Waals surface area contributed by atoms with Crippen molar-refractivity contribution in [2.75, 3.05) is 6.26 Å². The highest BCUT2D eigenvalue weighted by Crippen LogP contribution is 2.33. The van der Waals surface area contributed by atoms with Crippen molar-refractivity contribution in [2.45, 2.75) is 4.90 Å². The van der Waals surface area contributed by atoms with Gasteiger partial charge in [-0.1, -0.05) is 23.2 Å². The third-order valence-corrected chi connectivity index (χ3v) is 3.92. The lowest BCUT2D eigenvalue weighted by atomic mass is 10.3. The largest absolute Gasteiger partial charge is 0.454 e. The van der Waals surface area contributed by atoms with Crippen molar-refractivity contribution in [2.24, 2.45) is 0 Å². The maximum atomic E-state index is 13.8. The summed E-state index contributed by atoms with van der Waals surface area (Å²) in [6, 6.07) is 2.68. The van der Waals surface area contributed by atoms with Gasteiger partial charge in [0.15, 0.2) is 21.4 Å². The monoisotopic (exact) mass is 371 g/mol. The molecule has 0 aliphatic rings. The maximum Gasteiger partial charge on any atom is 0.202 e. The Morgan fingerprint density at radius 1 is 1.05 bits per heavy atom. The van der Waals surface area contributed by atoms with Crippen molar-refractivity contribution in [3.63, 3.8) is 0 Å². The Labute approximate surface area is 133 Å². The average Bonchev–Trinajstić information content (AvgIpc) is 2.32. The second kappa shape index (κ2) is 5.94. The molecule has 2 rings (SSSR count). The fraction of sp³-hybridized carbons (Fsp3) is 0.0833. The number of benzene rings is 1. The molecule has 1 heterocycles. The van der Waals surface area contributed by atoms with Crippen LogP contribution in [0.15, 0.2) is 23.1 Å². The van der Waals surface area contributed by atoms with E-state index >= 15 is 0 Å². The Bertz CT molecular complexity index is 839. The molecule has 0 atom stereocenters. The lowest BCUT2D eigenvalue weighted by Crippen LogP contribution is -2.07. The van der Waals surface area contributed by atoms with Crippen molar-refractivity contribution in [3.8, 4) is 11.5 Å². The topological polar surface area (TPSA) is 56.3 Å². The highest BCUT2D eigenvalue weighted by atomic mass is 35.5. The summed E-state index contributed by atoms with van der Waals surface area (Å²) in [4.78, 5) is 2.24.